The Balaban J connectivity index is 0.000000207. The van der Waals surface area contributed by atoms with Crippen molar-refractivity contribution in [2.45, 2.75) is 32.1 Å². The van der Waals surface area contributed by atoms with Gasteiger partial charge in [0.15, 0.2) is 22.9 Å². The van der Waals surface area contributed by atoms with E-state index in [0.29, 0.717) is 48.5 Å². The molecule has 3 heterocycles. The molecule has 4 aromatic rings. The van der Waals surface area contributed by atoms with E-state index in [0.717, 1.165) is 19.5 Å². The van der Waals surface area contributed by atoms with Crippen LogP contribution < -0.4 is 10.6 Å². The quantitative estimate of drug-likeness (QED) is 0.195. The minimum absolute atomic E-state index is 0.0140. The maximum atomic E-state index is 12.9. The minimum atomic E-state index is -0.913. The third-order valence-electron chi connectivity index (χ3n) is 6.66. The predicted molar refractivity (Wildman–Crippen MR) is 156 cm³/mol. The van der Waals surface area contributed by atoms with Gasteiger partial charge in [0.2, 0.25) is 5.91 Å². The van der Waals surface area contributed by atoms with Crippen LogP contribution in [0.2, 0.25) is 0 Å². The van der Waals surface area contributed by atoms with Crippen molar-refractivity contribution < 1.29 is 42.1 Å². The molecule has 0 spiro atoms. The van der Waals surface area contributed by atoms with Crippen molar-refractivity contribution in [1.82, 2.24) is 25.8 Å². The van der Waals surface area contributed by atoms with Crippen molar-refractivity contribution in [1.29, 1.82) is 0 Å². The zero-order chi connectivity index (χ0) is 32.2. The number of carboxylic acids is 1. The van der Waals surface area contributed by atoms with Crippen molar-refractivity contribution in [3.8, 4) is 22.6 Å². The standard InChI is InChI=1S/C17H18FN3O3.C14H13FN2O4/c18-13-6-4-12(5-7-13)15-11-14(20-24-15)17(23)19-8-1-3-16(22)21-9-2-10-21;15-10-5-3-9(4-6-10)12-8-11(17-21-12)14(20)16-7-1-2-13(18)19/h4-7,11H,1-3,8-10H2,(H,19,23);3-6,8H,1-2,7H2,(H,16,20)(H,18,19). The lowest BCUT2D eigenvalue weighted by Crippen LogP contribution is -2.42. The summed E-state index contributed by atoms with van der Waals surface area (Å²) in [7, 11) is 0. The third kappa shape index (κ3) is 9.81. The lowest BCUT2D eigenvalue weighted by Gasteiger charge is -2.30. The van der Waals surface area contributed by atoms with Gasteiger partial charge in [0.25, 0.3) is 11.8 Å². The van der Waals surface area contributed by atoms with E-state index in [9.17, 15) is 28.0 Å². The number of aliphatic carboxylic acids is 1. The summed E-state index contributed by atoms with van der Waals surface area (Å²) in [6.45, 7) is 2.33. The maximum Gasteiger partial charge on any atom is 0.303 e. The van der Waals surface area contributed by atoms with Gasteiger partial charge in [-0.3, -0.25) is 19.2 Å². The highest BCUT2D eigenvalue weighted by Crippen LogP contribution is 2.21. The number of hydrogen-bond acceptors (Lipinski definition) is 8. The second-order valence-corrected chi connectivity index (χ2v) is 10.0. The number of carbonyl (C=O) groups is 4. The first kappa shape index (κ1) is 32.5. The predicted octanol–water partition coefficient (Wildman–Crippen LogP) is 4.30. The average Bonchev–Trinajstić information content (AvgIpc) is 3.69. The van der Waals surface area contributed by atoms with Gasteiger partial charge in [-0.05, 0) is 67.8 Å². The molecule has 1 aliphatic heterocycles. The van der Waals surface area contributed by atoms with Gasteiger partial charge in [0.1, 0.15) is 11.6 Å². The number of carboxylic acid groups (broad SMARTS) is 1. The molecule has 5 rings (SSSR count). The van der Waals surface area contributed by atoms with Crippen LogP contribution in [0, 0.1) is 11.6 Å². The van der Waals surface area contributed by atoms with Crippen molar-refractivity contribution >= 4 is 23.7 Å². The van der Waals surface area contributed by atoms with Crippen LogP contribution in [0.5, 0.6) is 0 Å². The van der Waals surface area contributed by atoms with Gasteiger partial charge < -0.3 is 29.7 Å². The Kier molecular flexibility index (Phi) is 11.5. The Labute approximate surface area is 256 Å². The number of likely N-dealkylation sites (tertiary alicyclic amines) is 1. The number of nitrogens with zero attached hydrogens (tertiary/aromatic N) is 3. The monoisotopic (exact) mass is 623 g/mol. The van der Waals surface area contributed by atoms with E-state index in [-0.39, 0.29) is 47.8 Å². The molecule has 0 aliphatic carbocycles. The van der Waals surface area contributed by atoms with Crippen molar-refractivity contribution in [3.05, 3.63) is 83.7 Å². The normalized spacial score (nSPS) is 12.0. The smallest absolute Gasteiger partial charge is 0.303 e. The van der Waals surface area contributed by atoms with Crippen LogP contribution in [-0.2, 0) is 9.59 Å². The highest BCUT2D eigenvalue weighted by atomic mass is 19.1. The van der Waals surface area contributed by atoms with E-state index in [4.69, 9.17) is 14.2 Å². The van der Waals surface area contributed by atoms with Crippen LogP contribution in [0.15, 0.2) is 69.7 Å². The lowest BCUT2D eigenvalue weighted by atomic mass is 10.1. The van der Waals surface area contributed by atoms with Crippen LogP contribution in [0.1, 0.15) is 53.1 Å². The molecule has 45 heavy (non-hydrogen) atoms. The molecule has 0 saturated carbocycles. The molecule has 2 aromatic heterocycles. The summed E-state index contributed by atoms with van der Waals surface area (Å²) < 4.78 is 35.9. The van der Waals surface area contributed by atoms with Gasteiger partial charge in [-0.1, -0.05) is 10.3 Å². The molecule has 3 amide bonds. The molecule has 12 nitrogen and oxygen atoms in total. The topological polar surface area (TPSA) is 168 Å². The van der Waals surface area contributed by atoms with Gasteiger partial charge >= 0.3 is 5.97 Å². The molecule has 3 N–H and O–H groups in total. The number of halogens is 2. The minimum Gasteiger partial charge on any atom is -0.481 e. The number of rotatable bonds is 12. The molecule has 0 bridgehead atoms. The largest absolute Gasteiger partial charge is 0.481 e. The maximum absolute atomic E-state index is 12.9. The number of nitrogens with one attached hydrogen (secondary N) is 2. The Hall–Kier alpha value is -5.40. The SMILES string of the molecule is O=C(NCCCC(=O)N1CCC1)c1cc(-c2ccc(F)cc2)on1.O=C(O)CCCNC(=O)c1cc(-c2ccc(F)cc2)on1. The van der Waals surface area contributed by atoms with Crippen LogP contribution in [0.3, 0.4) is 0 Å². The van der Waals surface area contributed by atoms with E-state index in [1.54, 1.807) is 12.1 Å². The highest BCUT2D eigenvalue weighted by molar-refractivity contribution is 5.93. The van der Waals surface area contributed by atoms with Gasteiger partial charge in [0.05, 0.1) is 0 Å². The molecule has 1 fully saturated rings. The van der Waals surface area contributed by atoms with Crippen molar-refractivity contribution in [3.63, 3.8) is 0 Å². The van der Waals surface area contributed by atoms with E-state index < -0.39 is 11.9 Å². The number of carbonyl (C=O) groups excluding carboxylic acids is 3. The van der Waals surface area contributed by atoms with E-state index in [1.807, 2.05) is 4.90 Å². The Morgan fingerprint density at radius 1 is 0.733 bits per heavy atom. The van der Waals surface area contributed by atoms with Crippen molar-refractivity contribution in [2.24, 2.45) is 0 Å². The van der Waals surface area contributed by atoms with Crippen LogP contribution >= 0.6 is 0 Å². The van der Waals surface area contributed by atoms with Crippen molar-refractivity contribution in [2.75, 3.05) is 26.2 Å². The fraction of sp³-hybridized carbons (Fsp3) is 0.290. The second-order valence-electron chi connectivity index (χ2n) is 10.0. The molecule has 1 saturated heterocycles. The summed E-state index contributed by atoms with van der Waals surface area (Å²) in [5, 5.41) is 21.1. The fourth-order valence-electron chi connectivity index (χ4n) is 4.05. The average molecular weight is 624 g/mol. The molecule has 2 aromatic carbocycles. The zero-order valence-corrected chi connectivity index (χ0v) is 24.1. The number of amides is 3. The Bertz CT molecular complexity index is 1600. The summed E-state index contributed by atoms with van der Waals surface area (Å²) in [6.07, 6.45) is 2.42. The first-order valence-electron chi connectivity index (χ1n) is 14.2. The highest BCUT2D eigenvalue weighted by Gasteiger charge is 2.20. The van der Waals surface area contributed by atoms with Gasteiger partial charge in [0, 0.05) is 62.3 Å². The molecule has 236 valence electrons. The number of benzene rings is 2. The molecule has 0 radical (unpaired) electrons. The zero-order valence-electron chi connectivity index (χ0n) is 24.1. The molecule has 0 unspecified atom stereocenters. The molecular formula is C31H31F2N5O7. The van der Waals surface area contributed by atoms with Gasteiger partial charge in [-0.2, -0.15) is 0 Å². The third-order valence-corrected chi connectivity index (χ3v) is 6.66. The number of aromatic nitrogens is 2. The number of hydrogen-bond donors (Lipinski definition) is 3. The summed E-state index contributed by atoms with van der Waals surface area (Å²) in [5.74, 6) is -1.54. The van der Waals surface area contributed by atoms with E-state index in [2.05, 4.69) is 20.9 Å². The summed E-state index contributed by atoms with van der Waals surface area (Å²) in [4.78, 5) is 47.6. The molecule has 14 heteroatoms. The van der Waals surface area contributed by atoms with Crippen LogP contribution in [0.4, 0.5) is 8.78 Å². The lowest BCUT2D eigenvalue weighted by molar-refractivity contribution is -0.137. The van der Waals surface area contributed by atoms with E-state index >= 15 is 0 Å². The van der Waals surface area contributed by atoms with E-state index in [1.165, 1.54) is 48.5 Å². The van der Waals surface area contributed by atoms with Crippen LogP contribution in [0.25, 0.3) is 22.6 Å². The van der Waals surface area contributed by atoms with Crippen LogP contribution in [-0.4, -0.2) is 70.2 Å². The fourth-order valence-corrected chi connectivity index (χ4v) is 4.05. The Morgan fingerprint density at radius 3 is 1.58 bits per heavy atom. The first-order chi connectivity index (χ1) is 21.7. The molecule has 0 atom stereocenters. The summed E-state index contributed by atoms with van der Waals surface area (Å²) >= 11 is 0. The molecule has 1 aliphatic rings. The first-order valence-corrected chi connectivity index (χ1v) is 14.2. The van der Waals surface area contributed by atoms with Gasteiger partial charge in [-0.15, -0.1) is 0 Å². The van der Waals surface area contributed by atoms with Gasteiger partial charge in [-0.25, -0.2) is 8.78 Å². The Morgan fingerprint density at radius 2 is 1.18 bits per heavy atom. The summed E-state index contributed by atoms with van der Waals surface area (Å²) in [6, 6.07) is 14.3. The molecular weight excluding hydrogens is 592 g/mol. The summed E-state index contributed by atoms with van der Waals surface area (Å²) in [5.41, 5.74) is 1.49. The second kappa shape index (κ2) is 15.9.